The van der Waals surface area contributed by atoms with E-state index in [9.17, 15) is 9.59 Å². The van der Waals surface area contributed by atoms with Crippen LogP contribution in [-0.4, -0.2) is 38.2 Å². The molecule has 130 valence electrons. The number of ether oxygens (including phenoxy) is 3. The van der Waals surface area contributed by atoms with Gasteiger partial charge in [0, 0.05) is 12.1 Å². The molecule has 0 aliphatic rings. The van der Waals surface area contributed by atoms with Crippen molar-refractivity contribution in [1.82, 2.24) is 0 Å². The Morgan fingerprint density at radius 3 is 1.92 bits per heavy atom. The van der Waals surface area contributed by atoms with Crippen LogP contribution in [0.5, 0.6) is 17.2 Å². The highest BCUT2D eigenvalue weighted by Crippen LogP contribution is 2.34. The van der Waals surface area contributed by atoms with Crippen LogP contribution in [0.1, 0.15) is 26.3 Å². The zero-order chi connectivity index (χ0) is 18.4. The largest absolute Gasteiger partial charge is 0.496 e. The number of carboxylic acids is 1. The number of carbonyl (C=O) groups is 2. The minimum atomic E-state index is -1.00. The molecular formula is C19H18O6. The standard InChI is InChI=1S/C19H18O6/c1-23-14-10-16(24-2)18(17(11-14)25-3)15(20)9-6-12-4-7-13(8-5-12)19(21)22/h4-11H,1-3H3,(H,21,22)/b9-6+. The quantitative estimate of drug-likeness (QED) is 0.614. The van der Waals surface area contributed by atoms with Gasteiger partial charge in [0.25, 0.3) is 0 Å². The summed E-state index contributed by atoms with van der Waals surface area (Å²) < 4.78 is 15.7. The van der Waals surface area contributed by atoms with E-state index in [1.165, 1.54) is 39.5 Å². The van der Waals surface area contributed by atoms with E-state index in [2.05, 4.69) is 0 Å². The van der Waals surface area contributed by atoms with Gasteiger partial charge in [0.2, 0.25) is 0 Å². The molecule has 6 nitrogen and oxygen atoms in total. The minimum Gasteiger partial charge on any atom is -0.496 e. The highest BCUT2D eigenvalue weighted by molar-refractivity contribution is 6.10. The molecule has 6 heteroatoms. The van der Waals surface area contributed by atoms with Gasteiger partial charge < -0.3 is 19.3 Å². The third-order valence-corrected chi connectivity index (χ3v) is 3.55. The summed E-state index contributed by atoms with van der Waals surface area (Å²) >= 11 is 0. The van der Waals surface area contributed by atoms with E-state index in [0.29, 0.717) is 22.8 Å². The summed E-state index contributed by atoms with van der Waals surface area (Å²) in [5.41, 5.74) is 1.16. The summed E-state index contributed by atoms with van der Waals surface area (Å²) in [6.07, 6.45) is 2.97. The van der Waals surface area contributed by atoms with Crippen LogP contribution in [0.4, 0.5) is 0 Å². The van der Waals surface area contributed by atoms with Crippen LogP contribution < -0.4 is 14.2 Å². The summed E-state index contributed by atoms with van der Waals surface area (Å²) in [5.74, 6) is -0.115. The Morgan fingerprint density at radius 1 is 0.920 bits per heavy atom. The van der Waals surface area contributed by atoms with Crippen molar-refractivity contribution < 1.29 is 28.9 Å². The van der Waals surface area contributed by atoms with Crippen molar-refractivity contribution in [2.24, 2.45) is 0 Å². The van der Waals surface area contributed by atoms with Gasteiger partial charge in [-0.2, -0.15) is 0 Å². The fraction of sp³-hybridized carbons (Fsp3) is 0.158. The average molecular weight is 342 g/mol. The van der Waals surface area contributed by atoms with E-state index in [1.54, 1.807) is 30.3 Å². The van der Waals surface area contributed by atoms with Crippen molar-refractivity contribution in [3.05, 3.63) is 59.2 Å². The van der Waals surface area contributed by atoms with Gasteiger partial charge in [-0.25, -0.2) is 4.79 Å². The summed E-state index contributed by atoms with van der Waals surface area (Å²) in [6, 6.07) is 9.39. The monoisotopic (exact) mass is 342 g/mol. The second-order valence-corrected chi connectivity index (χ2v) is 5.03. The second-order valence-electron chi connectivity index (χ2n) is 5.03. The third kappa shape index (κ3) is 4.17. The average Bonchev–Trinajstić information content (AvgIpc) is 2.65. The highest BCUT2D eigenvalue weighted by atomic mass is 16.5. The summed E-state index contributed by atoms with van der Waals surface area (Å²) in [6.45, 7) is 0. The van der Waals surface area contributed by atoms with E-state index in [1.807, 2.05) is 0 Å². The number of aromatic carboxylic acids is 1. The Morgan fingerprint density at radius 2 is 1.48 bits per heavy atom. The van der Waals surface area contributed by atoms with Gasteiger partial charge in [-0.15, -0.1) is 0 Å². The molecule has 2 rings (SSSR count). The van der Waals surface area contributed by atoms with Gasteiger partial charge in [-0.1, -0.05) is 18.2 Å². The van der Waals surface area contributed by atoms with Crippen molar-refractivity contribution in [2.75, 3.05) is 21.3 Å². The SMILES string of the molecule is COc1cc(OC)c(C(=O)/C=C/c2ccc(C(=O)O)cc2)c(OC)c1. The molecule has 0 aliphatic heterocycles. The zero-order valence-corrected chi connectivity index (χ0v) is 14.1. The number of carboxylic acid groups (broad SMARTS) is 1. The summed E-state index contributed by atoms with van der Waals surface area (Å²) in [4.78, 5) is 23.4. The molecule has 2 aromatic carbocycles. The first-order valence-electron chi connectivity index (χ1n) is 7.36. The number of carbonyl (C=O) groups excluding carboxylic acids is 1. The molecule has 0 fully saturated rings. The molecule has 0 atom stereocenters. The lowest BCUT2D eigenvalue weighted by atomic mass is 10.1. The molecule has 0 spiro atoms. The van der Waals surface area contributed by atoms with E-state index < -0.39 is 5.97 Å². The van der Waals surface area contributed by atoms with Gasteiger partial charge in [-0.3, -0.25) is 4.79 Å². The maximum absolute atomic E-state index is 12.6. The van der Waals surface area contributed by atoms with Crippen LogP contribution in [0.3, 0.4) is 0 Å². The molecule has 0 saturated carbocycles. The first-order chi connectivity index (χ1) is 12.0. The Labute approximate surface area is 145 Å². The molecule has 0 saturated heterocycles. The number of benzene rings is 2. The molecule has 25 heavy (non-hydrogen) atoms. The van der Waals surface area contributed by atoms with Crippen LogP contribution in [-0.2, 0) is 0 Å². The van der Waals surface area contributed by atoms with Crippen LogP contribution in [0, 0.1) is 0 Å². The molecule has 0 amide bonds. The number of allylic oxidation sites excluding steroid dienone is 1. The summed E-state index contributed by atoms with van der Waals surface area (Å²) in [7, 11) is 4.43. The van der Waals surface area contributed by atoms with E-state index >= 15 is 0 Å². The van der Waals surface area contributed by atoms with Gasteiger partial charge >= 0.3 is 5.97 Å². The molecule has 0 aromatic heterocycles. The fourth-order valence-electron chi connectivity index (χ4n) is 2.24. The molecule has 1 N–H and O–H groups in total. The van der Waals surface area contributed by atoms with Crippen molar-refractivity contribution >= 4 is 17.8 Å². The van der Waals surface area contributed by atoms with Crippen molar-refractivity contribution in [3.8, 4) is 17.2 Å². The van der Waals surface area contributed by atoms with Gasteiger partial charge in [0.1, 0.15) is 22.8 Å². The fourth-order valence-corrected chi connectivity index (χ4v) is 2.24. The number of methoxy groups -OCH3 is 3. The minimum absolute atomic E-state index is 0.182. The molecule has 0 unspecified atom stereocenters. The normalized spacial score (nSPS) is 10.5. The smallest absolute Gasteiger partial charge is 0.335 e. The van der Waals surface area contributed by atoms with Gasteiger partial charge in [0.15, 0.2) is 5.78 Å². The molecule has 0 radical (unpaired) electrons. The molecule has 0 bridgehead atoms. The third-order valence-electron chi connectivity index (χ3n) is 3.55. The van der Waals surface area contributed by atoms with E-state index in [-0.39, 0.29) is 16.9 Å². The highest BCUT2D eigenvalue weighted by Gasteiger charge is 2.18. The number of ketones is 1. The predicted molar refractivity (Wildman–Crippen MR) is 92.9 cm³/mol. The van der Waals surface area contributed by atoms with Crippen molar-refractivity contribution in [2.45, 2.75) is 0 Å². The molecule has 0 aliphatic carbocycles. The Hall–Kier alpha value is -3.28. The van der Waals surface area contributed by atoms with E-state index in [0.717, 1.165) is 0 Å². The lowest BCUT2D eigenvalue weighted by Gasteiger charge is -2.13. The molecular weight excluding hydrogens is 324 g/mol. The summed E-state index contributed by atoms with van der Waals surface area (Å²) in [5, 5.41) is 8.89. The second kappa shape index (κ2) is 8.01. The maximum atomic E-state index is 12.6. The molecule has 0 heterocycles. The van der Waals surface area contributed by atoms with Gasteiger partial charge in [-0.05, 0) is 23.8 Å². The van der Waals surface area contributed by atoms with Gasteiger partial charge in [0.05, 0.1) is 26.9 Å². The van der Waals surface area contributed by atoms with Crippen LogP contribution in [0.15, 0.2) is 42.5 Å². The first kappa shape index (κ1) is 18.1. The van der Waals surface area contributed by atoms with Crippen LogP contribution in [0.25, 0.3) is 6.08 Å². The number of rotatable bonds is 7. The Bertz CT molecular complexity index is 780. The number of hydrogen-bond acceptors (Lipinski definition) is 5. The molecule has 2 aromatic rings. The number of hydrogen-bond donors (Lipinski definition) is 1. The Kier molecular flexibility index (Phi) is 5.79. The predicted octanol–water partition coefficient (Wildman–Crippen LogP) is 3.31. The van der Waals surface area contributed by atoms with Crippen LogP contribution >= 0.6 is 0 Å². The van der Waals surface area contributed by atoms with E-state index in [4.69, 9.17) is 19.3 Å². The van der Waals surface area contributed by atoms with Crippen molar-refractivity contribution in [3.63, 3.8) is 0 Å². The first-order valence-corrected chi connectivity index (χ1v) is 7.36. The van der Waals surface area contributed by atoms with Crippen LogP contribution in [0.2, 0.25) is 0 Å². The zero-order valence-electron chi connectivity index (χ0n) is 14.1. The van der Waals surface area contributed by atoms with Crippen molar-refractivity contribution in [1.29, 1.82) is 0 Å². The lowest BCUT2D eigenvalue weighted by molar-refractivity contribution is 0.0696. The topological polar surface area (TPSA) is 82.1 Å². The maximum Gasteiger partial charge on any atom is 0.335 e. The Balaban J connectivity index is 2.32. The lowest BCUT2D eigenvalue weighted by Crippen LogP contribution is -2.03.